The van der Waals surface area contributed by atoms with Crippen LogP contribution in [0.15, 0.2) is 42.5 Å². The van der Waals surface area contributed by atoms with Crippen molar-refractivity contribution in [3.63, 3.8) is 0 Å². The molecule has 4 N–H and O–H groups in total. The first-order valence-electron chi connectivity index (χ1n) is 10.8. The van der Waals surface area contributed by atoms with Gasteiger partial charge < -0.3 is 21.3 Å². The Hall–Kier alpha value is -3.07. The Morgan fingerprint density at radius 3 is 2.75 bits per heavy atom. The summed E-state index contributed by atoms with van der Waals surface area (Å²) in [5, 5.41) is 7.42. The van der Waals surface area contributed by atoms with Gasteiger partial charge in [-0.05, 0) is 49.7 Å². The summed E-state index contributed by atoms with van der Waals surface area (Å²) in [6.45, 7) is 4.83. The van der Waals surface area contributed by atoms with E-state index in [0.717, 1.165) is 67.8 Å². The summed E-state index contributed by atoms with van der Waals surface area (Å²) < 4.78 is 39.6. The number of unbranched alkanes of at least 4 members (excludes halogenated alkanes) is 1. The van der Waals surface area contributed by atoms with Crippen LogP contribution < -0.4 is 21.3 Å². The number of nitrogen functional groups attached to an aromatic ring is 1. The van der Waals surface area contributed by atoms with Crippen LogP contribution in [0, 0.1) is 0 Å². The number of hydrogen-bond donors (Lipinski definition) is 3. The zero-order chi connectivity index (χ0) is 22.7. The number of nitrogens with two attached hydrogens (primary N) is 1. The molecule has 1 aliphatic rings. The van der Waals surface area contributed by atoms with Gasteiger partial charge in [-0.15, -0.1) is 0 Å². The van der Waals surface area contributed by atoms with Gasteiger partial charge in [0.15, 0.2) is 0 Å². The van der Waals surface area contributed by atoms with Gasteiger partial charge in [0.1, 0.15) is 5.82 Å². The number of nitrogens with zero attached hydrogens (tertiary/aromatic N) is 3. The lowest BCUT2D eigenvalue weighted by Crippen LogP contribution is -2.33. The molecule has 1 aliphatic heterocycles. The van der Waals surface area contributed by atoms with Crippen molar-refractivity contribution >= 4 is 34.0 Å². The molecule has 1 unspecified atom stereocenters. The fraction of sp³-hybridized carbons (Fsp3) is 0.391. The summed E-state index contributed by atoms with van der Waals surface area (Å²) in [7, 11) is 0. The number of halogens is 3. The van der Waals surface area contributed by atoms with Gasteiger partial charge in [-0.1, -0.05) is 25.5 Å². The number of nitrogens with one attached hydrogen (secondary N) is 2. The van der Waals surface area contributed by atoms with Crippen LogP contribution in [-0.4, -0.2) is 35.6 Å². The van der Waals surface area contributed by atoms with Gasteiger partial charge in [-0.25, -0.2) is 4.98 Å². The molecule has 0 amide bonds. The Kier molecular flexibility index (Phi) is 6.36. The minimum atomic E-state index is -4.49. The Bertz CT molecular complexity index is 1090. The highest BCUT2D eigenvalue weighted by Crippen LogP contribution is 2.34. The van der Waals surface area contributed by atoms with Gasteiger partial charge in [-0.3, -0.25) is 0 Å². The van der Waals surface area contributed by atoms with E-state index in [1.54, 1.807) is 0 Å². The van der Waals surface area contributed by atoms with E-state index in [2.05, 4.69) is 32.4 Å². The largest absolute Gasteiger partial charge is 0.416 e. The first-order chi connectivity index (χ1) is 15.3. The van der Waals surface area contributed by atoms with Crippen LogP contribution in [-0.2, 0) is 6.18 Å². The quantitative estimate of drug-likeness (QED) is 0.354. The first-order valence-corrected chi connectivity index (χ1v) is 10.8. The zero-order valence-electron chi connectivity index (χ0n) is 17.9. The van der Waals surface area contributed by atoms with E-state index < -0.39 is 11.7 Å². The molecular weight excluding hydrogens is 417 g/mol. The van der Waals surface area contributed by atoms with Gasteiger partial charge in [-0.2, -0.15) is 18.2 Å². The molecule has 2 heterocycles. The van der Waals surface area contributed by atoms with Gasteiger partial charge in [0, 0.05) is 35.9 Å². The summed E-state index contributed by atoms with van der Waals surface area (Å²) in [5.41, 5.74) is 5.82. The maximum atomic E-state index is 13.2. The molecule has 1 saturated heterocycles. The number of anilines is 4. The predicted molar refractivity (Wildman–Crippen MR) is 122 cm³/mol. The molecule has 0 bridgehead atoms. The number of alkyl halides is 3. The summed E-state index contributed by atoms with van der Waals surface area (Å²) >= 11 is 0. The van der Waals surface area contributed by atoms with Crippen LogP contribution in [0.4, 0.5) is 36.3 Å². The molecule has 3 aromatic rings. The molecule has 0 spiro atoms. The molecule has 4 rings (SSSR count). The topological polar surface area (TPSA) is 79.1 Å². The van der Waals surface area contributed by atoms with Crippen molar-refractivity contribution in [2.45, 2.75) is 38.4 Å². The second kappa shape index (κ2) is 9.20. The number of fused-ring (bicyclic) bond motifs is 1. The summed E-state index contributed by atoms with van der Waals surface area (Å²) in [6, 6.07) is 11.4. The lowest BCUT2D eigenvalue weighted by molar-refractivity contribution is -0.137. The van der Waals surface area contributed by atoms with Crippen LogP contribution in [0.25, 0.3) is 10.9 Å². The maximum absolute atomic E-state index is 13.2. The molecule has 2 aromatic carbocycles. The van der Waals surface area contributed by atoms with Crippen molar-refractivity contribution in [2.75, 3.05) is 35.6 Å². The molecule has 0 radical (unpaired) electrons. The highest BCUT2D eigenvalue weighted by Gasteiger charge is 2.31. The van der Waals surface area contributed by atoms with E-state index in [0.29, 0.717) is 6.04 Å². The minimum absolute atomic E-state index is 0.0175. The van der Waals surface area contributed by atoms with Crippen LogP contribution >= 0.6 is 0 Å². The lowest BCUT2D eigenvalue weighted by atomic mass is 10.1. The van der Waals surface area contributed by atoms with E-state index in [-0.39, 0.29) is 17.3 Å². The highest BCUT2D eigenvalue weighted by atomic mass is 19.4. The van der Waals surface area contributed by atoms with Crippen molar-refractivity contribution in [3.8, 4) is 0 Å². The monoisotopic (exact) mass is 444 g/mol. The third kappa shape index (κ3) is 5.04. The average Bonchev–Trinajstić information content (AvgIpc) is 3.21. The number of rotatable bonds is 7. The fourth-order valence-corrected chi connectivity index (χ4v) is 3.98. The molecule has 1 atom stereocenters. The van der Waals surface area contributed by atoms with Crippen LogP contribution in [0.2, 0.25) is 0 Å². The Balaban J connectivity index is 1.63. The van der Waals surface area contributed by atoms with Crippen LogP contribution in [0.5, 0.6) is 0 Å². The van der Waals surface area contributed by atoms with Crippen LogP contribution in [0.3, 0.4) is 0 Å². The van der Waals surface area contributed by atoms with Crippen molar-refractivity contribution in [2.24, 2.45) is 0 Å². The maximum Gasteiger partial charge on any atom is 0.416 e. The standard InChI is InChI=1S/C23H27F3N6/c1-2-3-9-28-17-8-10-32(14-17)21-19-6-4-5-7-20(19)30-22(31-21)29-18-12-15(23(24,25)26)11-16(27)13-18/h4-7,11-13,17,28H,2-3,8-10,14,27H2,1H3,(H,29,30,31). The summed E-state index contributed by atoms with van der Waals surface area (Å²) in [4.78, 5) is 11.4. The van der Waals surface area contributed by atoms with E-state index in [9.17, 15) is 13.2 Å². The number of para-hydroxylation sites is 1. The molecular formula is C23H27F3N6. The van der Waals surface area contributed by atoms with E-state index >= 15 is 0 Å². The molecule has 32 heavy (non-hydrogen) atoms. The number of benzene rings is 2. The summed E-state index contributed by atoms with van der Waals surface area (Å²) in [6.07, 6.45) is -1.19. The SMILES string of the molecule is CCCCNC1CCN(c2nc(Nc3cc(N)cc(C(F)(F)F)c3)nc3ccccc23)C1. The van der Waals surface area contributed by atoms with Gasteiger partial charge >= 0.3 is 6.18 Å². The molecule has 6 nitrogen and oxygen atoms in total. The number of aromatic nitrogens is 2. The van der Waals surface area contributed by atoms with Crippen molar-refractivity contribution < 1.29 is 13.2 Å². The average molecular weight is 445 g/mol. The third-order valence-electron chi connectivity index (χ3n) is 5.57. The Morgan fingerprint density at radius 2 is 1.97 bits per heavy atom. The zero-order valence-corrected chi connectivity index (χ0v) is 17.9. The lowest BCUT2D eigenvalue weighted by Gasteiger charge is -2.21. The first kappa shape index (κ1) is 22.1. The summed E-state index contributed by atoms with van der Waals surface area (Å²) in [5.74, 6) is 1.01. The van der Waals surface area contributed by atoms with Gasteiger partial charge in [0.25, 0.3) is 0 Å². The second-order valence-corrected chi connectivity index (χ2v) is 8.09. The molecule has 170 valence electrons. The van der Waals surface area contributed by atoms with E-state index in [1.807, 2.05) is 24.3 Å². The third-order valence-corrected chi connectivity index (χ3v) is 5.57. The van der Waals surface area contributed by atoms with E-state index in [4.69, 9.17) is 5.73 Å². The molecule has 1 aromatic heterocycles. The molecule has 0 saturated carbocycles. The van der Waals surface area contributed by atoms with Crippen molar-refractivity contribution in [1.29, 1.82) is 0 Å². The van der Waals surface area contributed by atoms with Crippen molar-refractivity contribution in [1.82, 2.24) is 15.3 Å². The highest BCUT2D eigenvalue weighted by molar-refractivity contribution is 5.91. The fourth-order valence-electron chi connectivity index (χ4n) is 3.98. The molecule has 9 heteroatoms. The minimum Gasteiger partial charge on any atom is -0.399 e. The smallest absolute Gasteiger partial charge is 0.399 e. The predicted octanol–water partition coefficient (Wildman–Crippen LogP) is 4.94. The Labute approximate surface area is 185 Å². The van der Waals surface area contributed by atoms with Crippen LogP contribution in [0.1, 0.15) is 31.7 Å². The normalized spacial score (nSPS) is 16.6. The number of hydrogen-bond acceptors (Lipinski definition) is 6. The second-order valence-electron chi connectivity index (χ2n) is 8.09. The Morgan fingerprint density at radius 1 is 1.16 bits per heavy atom. The van der Waals surface area contributed by atoms with E-state index in [1.165, 1.54) is 6.07 Å². The van der Waals surface area contributed by atoms with Gasteiger partial charge in [0.05, 0.1) is 11.1 Å². The molecule has 0 aliphatic carbocycles. The molecule has 1 fully saturated rings. The van der Waals surface area contributed by atoms with Gasteiger partial charge in [0.2, 0.25) is 5.95 Å². The van der Waals surface area contributed by atoms with Crippen molar-refractivity contribution in [3.05, 3.63) is 48.0 Å².